The van der Waals surface area contributed by atoms with Gasteiger partial charge in [0.15, 0.2) is 9.84 Å². The monoisotopic (exact) mass is 256 g/mol. The maximum absolute atomic E-state index is 12.7. The van der Waals surface area contributed by atoms with Crippen molar-refractivity contribution in [3.05, 3.63) is 41.7 Å². The lowest BCUT2D eigenvalue weighted by Gasteiger charge is -2.06. The largest absolute Gasteiger partial charge is 0.223 e. The van der Waals surface area contributed by atoms with Gasteiger partial charge in [-0.25, -0.2) is 12.8 Å². The first kappa shape index (κ1) is 13.9. The van der Waals surface area contributed by atoms with E-state index in [1.807, 2.05) is 20.8 Å². The summed E-state index contributed by atoms with van der Waals surface area (Å²) < 4.78 is 36.5. The lowest BCUT2D eigenvalue weighted by molar-refractivity contribution is 0.597. The highest BCUT2D eigenvalue weighted by Gasteiger charge is 2.12. The van der Waals surface area contributed by atoms with E-state index in [0.717, 1.165) is 17.7 Å². The van der Waals surface area contributed by atoms with Gasteiger partial charge in [0.1, 0.15) is 5.82 Å². The highest BCUT2D eigenvalue weighted by Crippen LogP contribution is 2.14. The Morgan fingerprint density at radius 2 is 1.82 bits per heavy atom. The van der Waals surface area contributed by atoms with E-state index < -0.39 is 15.7 Å². The van der Waals surface area contributed by atoms with Crippen LogP contribution in [0.2, 0.25) is 0 Å². The van der Waals surface area contributed by atoms with Gasteiger partial charge >= 0.3 is 0 Å². The van der Waals surface area contributed by atoms with Gasteiger partial charge in [-0.3, -0.25) is 0 Å². The highest BCUT2D eigenvalue weighted by atomic mass is 32.2. The fourth-order valence-corrected chi connectivity index (χ4v) is 2.44. The molecule has 0 radical (unpaired) electrons. The molecule has 17 heavy (non-hydrogen) atoms. The number of hydrogen-bond donors (Lipinski definition) is 0. The van der Waals surface area contributed by atoms with Gasteiger partial charge < -0.3 is 0 Å². The number of allylic oxidation sites excluding steroid dienone is 1. The zero-order chi connectivity index (χ0) is 13.1. The first-order valence-electron chi connectivity index (χ1n) is 5.48. The second kappa shape index (κ2) is 5.45. The fraction of sp³-hybridized carbons (Fsp3) is 0.385. The van der Waals surface area contributed by atoms with Crippen LogP contribution in [0.15, 0.2) is 40.8 Å². The highest BCUT2D eigenvalue weighted by molar-refractivity contribution is 7.91. The first-order valence-corrected chi connectivity index (χ1v) is 7.13. The fourth-order valence-electron chi connectivity index (χ4n) is 1.22. The molecule has 0 saturated heterocycles. The lowest BCUT2D eigenvalue weighted by atomic mass is 10.1. The van der Waals surface area contributed by atoms with Crippen molar-refractivity contribution in [2.24, 2.45) is 5.92 Å². The summed E-state index contributed by atoms with van der Waals surface area (Å²) in [5.74, 6) is -0.140. The Labute approximate surface area is 102 Å². The Morgan fingerprint density at radius 3 is 2.29 bits per heavy atom. The van der Waals surface area contributed by atoms with Crippen LogP contribution in [0.3, 0.4) is 0 Å². The molecule has 0 atom stereocenters. The number of rotatable bonds is 4. The molecule has 0 amide bonds. The first-order chi connectivity index (χ1) is 7.83. The average Bonchev–Trinajstić information content (AvgIpc) is 2.26. The summed E-state index contributed by atoms with van der Waals surface area (Å²) in [5.41, 5.74) is 1.04. The summed E-state index contributed by atoms with van der Waals surface area (Å²) in [6.45, 7) is 5.93. The second-order valence-electron chi connectivity index (χ2n) is 4.34. The molecule has 0 aliphatic heterocycles. The molecule has 0 heterocycles. The van der Waals surface area contributed by atoms with Crippen LogP contribution < -0.4 is 0 Å². The lowest BCUT2D eigenvalue weighted by Crippen LogP contribution is -2.06. The molecule has 2 nitrogen and oxygen atoms in total. The zero-order valence-electron chi connectivity index (χ0n) is 10.3. The SMILES string of the molecule is C/C(=C/CS(=O)(=O)c1ccc(F)cc1)C(C)C. The minimum atomic E-state index is -3.35. The van der Waals surface area contributed by atoms with Crippen molar-refractivity contribution < 1.29 is 12.8 Å². The van der Waals surface area contributed by atoms with Crippen molar-refractivity contribution in [1.29, 1.82) is 0 Å². The van der Waals surface area contributed by atoms with Crippen molar-refractivity contribution in [2.45, 2.75) is 25.7 Å². The Morgan fingerprint density at radius 1 is 1.29 bits per heavy atom. The third kappa shape index (κ3) is 3.97. The van der Waals surface area contributed by atoms with Crippen LogP contribution in [-0.4, -0.2) is 14.2 Å². The van der Waals surface area contributed by atoms with Gasteiger partial charge in [-0.2, -0.15) is 0 Å². The van der Waals surface area contributed by atoms with Gasteiger partial charge in [0.05, 0.1) is 10.6 Å². The van der Waals surface area contributed by atoms with E-state index >= 15 is 0 Å². The molecule has 1 rings (SSSR count). The van der Waals surface area contributed by atoms with E-state index in [9.17, 15) is 12.8 Å². The standard InChI is InChI=1S/C13H17FO2S/c1-10(2)11(3)8-9-17(15,16)13-6-4-12(14)5-7-13/h4-8,10H,9H2,1-3H3/b11-8-. The molecule has 1 aromatic carbocycles. The number of halogens is 1. The van der Waals surface area contributed by atoms with Crippen LogP contribution in [0.4, 0.5) is 4.39 Å². The van der Waals surface area contributed by atoms with Gasteiger partial charge in [0, 0.05) is 0 Å². The number of hydrogen-bond acceptors (Lipinski definition) is 2. The number of sulfone groups is 1. The van der Waals surface area contributed by atoms with Crippen molar-refractivity contribution in [2.75, 3.05) is 5.75 Å². The van der Waals surface area contributed by atoms with Gasteiger partial charge in [-0.1, -0.05) is 25.5 Å². The van der Waals surface area contributed by atoms with Crippen molar-refractivity contribution >= 4 is 9.84 Å². The summed E-state index contributed by atoms with van der Waals surface area (Å²) in [6.07, 6.45) is 1.71. The summed E-state index contributed by atoms with van der Waals surface area (Å²) in [5, 5.41) is 0. The van der Waals surface area contributed by atoms with Gasteiger partial charge in [-0.15, -0.1) is 0 Å². The second-order valence-corrected chi connectivity index (χ2v) is 6.37. The molecule has 0 unspecified atom stereocenters. The summed E-state index contributed by atoms with van der Waals surface area (Å²) in [4.78, 5) is 0.159. The maximum Gasteiger partial charge on any atom is 0.181 e. The third-order valence-corrected chi connectivity index (χ3v) is 4.30. The van der Waals surface area contributed by atoms with E-state index in [-0.39, 0.29) is 10.6 Å². The quantitative estimate of drug-likeness (QED) is 0.612. The smallest absolute Gasteiger partial charge is 0.181 e. The molecular formula is C13H17FO2S. The molecule has 4 heteroatoms. The van der Waals surface area contributed by atoms with Crippen LogP contribution in [-0.2, 0) is 9.84 Å². The Balaban J connectivity index is 2.90. The predicted molar refractivity (Wildman–Crippen MR) is 67.0 cm³/mol. The van der Waals surface area contributed by atoms with Gasteiger partial charge in [0.25, 0.3) is 0 Å². The van der Waals surface area contributed by atoms with Crippen LogP contribution in [0.5, 0.6) is 0 Å². The molecule has 0 aliphatic carbocycles. The minimum absolute atomic E-state index is 0.0390. The molecule has 0 aliphatic rings. The van der Waals surface area contributed by atoms with E-state index in [2.05, 4.69) is 0 Å². The van der Waals surface area contributed by atoms with Crippen molar-refractivity contribution in [3.8, 4) is 0 Å². The van der Waals surface area contributed by atoms with E-state index in [1.165, 1.54) is 12.1 Å². The minimum Gasteiger partial charge on any atom is -0.223 e. The predicted octanol–water partition coefficient (Wildman–Crippen LogP) is 3.20. The summed E-state index contributed by atoms with van der Waals surface area (Å²) in [7, 11) is -3.35. The topological polar surface area (TPSA) is 34.1 Å². The normalized spacial score (nSPS) is 13.1. The molecule has 0 aromatic heterocycles. The molecule has 94 valence electrons. The maximum atomic E-state index is 12.7. The van der Waals surface area contributed by atoms with Crippen molar-refractivity contribution in [1.82, 2.24) is 0 Å². The molecule has 0 N–H and O–H groups in total. The van der Waals surface area contributed by atoms with E-state index in [0.29, 0.717) is 5.92 Å². The summed E-state index contributed by atoms with van der Waals surface area (Å²) >= 11 is 0. The molecule has 0 bridgehead atoms. The molecule has 1 aromatic rings. The Bertz CT molecular complexity index is 499. The van der Waals surface area contributed by atoms with Crippen LogP contribution in [0.25, 0.3) is 0 Å². The van der Waals surface area contributed by atoms with Crippen LogP contribution in [0.1, 0.15) is 20.8 Å². The van der Waals surface area contributed by atoms with Gasteiger partial charge in [0.2, 0.25) is 0 Å². The van der Waals surface area contributed by atoms with Crippen LogP contribution in [0, 0.1) is 11.7 Å². The van der Waals surface area contributed by atoms with Crippen LogP contribution >= 0.6 is 0 Å². The average molecular weight is 256 g/mol. The molecule has 0 fully saturated rings. The Kier molecular flexibility index (Phi) is 4.46. The Hall–Kier alpha value is -1.16. The third-order valence-electron chi connectivity index (χ3n) is 2.71. The van der Waals surface area contributed by atoms with Crippen molar-refractivity contribution in [3.63, 3.8) is 0 Å². The van der Waals surface area contributed by atoms with Gasteiger partial charge in [-0.05, 0) is 37.1 Å². The van der Waals surface area contributed by atoms with E-state index in [4.69, 9.17) is 0 Å². The van der Waals surface area contributed by atoms with E-state index in [1.54, 1.807) is 6.08 Å². The summed E-state index contributed by atoms with van der Waals surface area (Å²) in [6, 6.07) is 4.91. The molecular weight excluding hydrogens is 239 g/mol. The zero-order valence-corrected chi connectivity index (χ0v) is 11.1. The number of benzene rings is 1. The molecule has 0 saturated carbocycles. The molecule has 0 spiro atoms.